The molecule has 0 aliphatic heterocycles. The minimum absolute atomic E-state index is 0.0150. The summed E-state index contributed by atoms with van der Waals surface area (Å²) in [6.45, 7) is 5.72. The molecule has 0 fully saturated rings. The molecule has 0 bridgehead atoms. The predicted octanol–water partition coefficient (Wildman–Crippen LogP) is 4.65. The van der Waals surface area contributed by atoms with Gasteiger partial charge in [-0.2, -0.15) is 0 Å². The molecule has 6 heteroatoms. The van der Waals surface area contributed by atoms with Crippen LogP contribution in [0.25, 0.3) is 0 Å². The van der Waals surface area contributed by atoms with E-state index in [0.29, 0.717) is 5.02 Å². The fraction of sp³-hybridized carbons (Fsp3) is 0.250. The van der Waals surface area contributed by atoms with Crippen molar-refractivity contribution in [1.29, 1.82) is 0 Å². The molecule has 0 saturated carbocycles. The number of nitrogens with one attached hydrogen (secondary N) is 1. The van der Waals surface area contributed by atoms with Gasteiger partial charge in [0.05, 0.1) is 5.02 Å². The summed E-state index contributed by atoms with van der Waals surface area (Å²) in [4.78, 5) is -0.0150. The standard InChI is InChI=1S/C16H17Cl2NO2S/c1-10-4-5-11(2)14(8-10)12(3)19-22(20,21)16-9-13(17)6-7-15(16)18/h4-9,12,19H,1-3H3/t12-/m0/s1. The molecule has 3 nitrogen and oxygen atoms in total. The van der Waals surface area contributed by atoms with Gasteiger partial charge in [-0.25, -0.2) is 13.1 Å². The lowest BCUT2D eigenvalue weighted by Crippen LogP contribution is -2.27. The van der Waals surface area contributed by atoms with Crippen LogP contribution in [-0.4, -0.2) is 8.42 Å². The van der Waals surface area contributed by atoms with Crippen LogP contribution in [0.3, 0.4) is 0 Å². The molecule has 1 N–H and O–H groups in total. The molecule has 0 aliphatic carbocycles. The van der Waals surface area contributed by atoms with Crippen molar-refractivity contribution in [3.8, 4) is 0 Å². The maximum absolute atomic E-state index is 12.5. The van der Waals surface area contributed by atoms with Crippen LogP contribution < -0.4 is 4.72 Å². The summed E-state index contributed by atoms with van der Waals surface area (Å²) in [6, 6.07) is 9.94. The van der Waals surface area contributed by atoms with E-state index in [1.54, 1.807) is 13.0 Å². The van der Waals surface area contributed by atoms with Crippen LogP contribution in [0.15, 0.2) is 41.3 Å². The highest BCUT2D eigenvalue weighted by Crippen LogP contribution is 2.27. The van der Waals surface area contributed by atoms with Crippen molar-refractivity contribution < 1.29 is 8.42 Å². The molecule has 2 rings (SSSR count). The van der Waals surface area contributed by atoms with Crippen molar-refractivity contribution in [1.82, 2.24) is 4.72 Å². The van der Waals surface area contributed by atoms with E-state index in [2.05, 4.69) is 4.72 Å². The van der Waals surface area contributed by atoms with Crippen LogP contribution in [0.5, 0.6) is 0 Å². The van der Waals surface area contributed by atoms with Crippen molar-refractivity contribution in [2.45, 2.75) is 31.7 Å². The Morgan fingerprint density at radius 3 is 2.41 bits per heavy atom. The molecule has 1 atom stereocenters. The fourth-order valence-electron chi connectivity index (χ4n) is 2.27. The zero-order chi connectivity index (χ0) is 16.5. The Morgan fingerprint density at radius 2 is 1.73 bits per heavy atom. The molecule has 0 spiro atoms. The molecular weight excluding hydrogens is 341 g/mol. The van der Waals surface area contributed by atoms with Crippen LogP contribution in [0.4, 0.5) is 0 Å². The van der Waals surface area contributed by atoms with Crippen molar-refractivity contribution in [3.63, 3.8) is 0 Å². The first-order valence-electron chi connectivity index (χ1n) is 6.75. The Hall–Kier alpha value is -1.07. The Kier molecular flexibility index (Phi) is 5.17. The van der Waals surface area contributed by atoms with E-state index in [1.165, 1.54) is 12.1 Å². The Labute approximate surface area is 141 Å². The van der Waals surface area contributed by atoms with Crippen LogP contribution in [0, 0.1) is 13.8 Å². The van der Waals surface area contributed by atoms with E-state index < -0.39 is 10.0 Å². The number of aryl methyl sites for hydroxylation is 2. The quantitative estimate of drug-likeness (QED) is 0.865. The first-order valence-corrected chi connectivity index (χ1v) is 8.99. The van der Waals surface area contributed by atoms with E-state index in [1.807, 2.05) is 32.0 Å². The lowest BCUT2D eigenvalue weighted by Gasteiger charge is -2.18. The molecule has 2 aromatic rings. The number of benzene rings is 2. The minimum atomic E-state index is -3.76. The molecule has 2 aromatic carbocycles. The van der Waals surface area contributed by atoms with Gasteiger partial charge >= 0.3 is 0 Å². The average molecular weight is 358 g/mol. The number of rotatable bonds is 4. The molecule has 0 heterocycles. The lowest BCUT2D eigenvalue weighted by atomic mass is 10.0. The zero-order valence-electron chi connectivity index (χ0n) is 12.5. The van der Waals surface area contributed by atoms with Gasteiger partial charge in [-0.05, 0) is 50.1 Å². The molecule has 0 aromatic heterocycles. The maximum atomic E-state index is 12.5. The van der Waals surface area contributed by atoms with E-state index in [0.717, 1.165) is 16.7 Å². The molecule has 0 radical (unpaired) electrons. The summed E-state index contributed by atoms with van der Waals surface area (Å²) in [5, 5.41) is 0.467. The molecule has 0 unspecified atom stereocenters. The van der Waals surface area contributed by atoms with Crippen LogP contribution in [-0.2, 0) is 10.0 Å². The van der Waals surface area contributed by atoms with E-state index in [4.69, 9.17) is 23.2 Å². The summed E-state index contributed by atoms with van der Waals surface area (Å²) < 4.78 is 27.7. The van der Waals surface area contributed by atoms with E-state index in [9.17, 15) is 8.42 Å². The van der Waals surface area contributed by atoms with Gasteiger partial charge in [-0.1, -0.05) is 47.0 Å². The molecule has 118 valence electrons. The zero-order valence-corrected chi connectivity index (χ0v) is 14.9. The van der Waals surface area contributed by atoms with Crippen LogP contribution >= 0.6 is 23.2 Å². The smallest absolute Gasteiger partial charge is 0.207 e. The van der Waals surface area contributed by atoms with E-state index in [-0.39, 0.29) is 16.0 Å². The molecule has 0 amide bonds. The van der Waals surface area contributed by atoms with Crippen molar-refractivity contribution in [2.75, 3.05) is 0 Å². The Bertz CT molecular complexity index is 804. The summed E-state index contributed by atoms with van der Waals surface area (Å²) in [6.07, 6.45) is 0. The minimum Gasteiger partial charge on any atom is -0.207 e. The average Bonchev–Trinajstić information content (AvgIpc) is 2.43. The topological polar surface area (TPSA) is 46.2 Å². The normalized spacial score (nSPS) is 13.1. The van der Waals surface area contributed by atoms with Gasteiger partial charge in [-0.15, -0.1) is 0 Å². The predicted molar refractivity (Wildman–Crippen MR) is 91.1 cm³/mol. The van der Waals surface area contributed by atoms with Crippen molar-refractivity contribution in [2.24, 2.45) is 0 Å². The number of sulfonamides is 1. The highest BCUT2D eigenvalue weighted by molar-refractivity contribution is 7.89. The third-order valence-electron chi connectivity index (χ3n) is 3.42. The second-order valence-corrected chi connectivity index (χ2v) is 7.80. The van der Waals surface area contributed by atoms with Crippen molar-refractivity contribution in [3.05, 3.63) is 63.1 Å². The fourth-order valence-corrected chi connectivity index (χ4v) is 4.25. The highest BCUT2D eigenvalue weighted by atomic mass is 35.5. The second-order valence-electron chi connectivity index (χ2n) is 5.28. The van der Waals surface area contributed by atoms with Gasteiger partial charge in [0.15, 0.2) is 0 Å². The molecular formula is C16H17Cl2NO2S. The Morgan fingerprint density at radius 1 is 1.05 bits per heavy atom. The second kappa shape index (κ2) is 6.59. The molecule has 22 heavy (non-hydrogen) atoms. The van der Waals surface area contributed by atoms with Crippen molar-refractivity contribution >= 4 is 33.2 Å². The molecule has 0 saturated heterocycles. The largest absolute Gasteiger partial charge is 0.242 e. The summed E-state index contributed by atoms with van der Waals surface area (Å²) in [5.74, 6) is 0. The summed E-state index contributed by atoms with van der Waals surface area (Å²) >= 11 is 11.9. The number of hydrogen-bond acceptors (Lipinski definition) is 2. The third kappa shape index (κ3) is 3.82. The molecule has 0 aliphatic rings. The van der Waals surface area contributed by atoms with Gasteiger partial charge < -0.3 is 0 Å². The number of hydrogen-bond donors (Lipinski definition) is 1. The monoisotopic (exact) mass is 357 g/mol. The first-order chi connectivity index (χ1) is 10.2. The van der Waals surface area contributed by atoms with Crippen LogP contribution in [0.2, 0.25) is 10.0 Å². The SMILES string of the molecule is Cc1ccc(C)c([C@H](C)NS(=O)(=O)c2cc(Cl)ccc2Cl)c1. The first kappa shape index (κ1) is 17.3. The van der Waals surface area contributed by atoms with Gasteiger partial charge in [-0.3, -0.25) is 0 Å². The lowest BCUT2D eigenvalue weighted by molar-refractivity contribution is 0.566. The summed E-state index contributed by atoms with van der Waals surface area (Å²) in [5.41, 5.74) is 3.03. The van der Waals surface area contributed by atoms with Gasteiger partial charge in [0.1, 0.15) is 4.90 Å². The third-order valence-corrected chi connectivity index (χ3v) is 5.67. The van der Waals surface area contributed by atoms with Gasteiger partial charge in [0, 0.05) is 11.1 Å². The van der Waals surface area contributed by atoms with Gasteiger partial charge in [0.25, 0.3) is 0 Å². The van der Waals surface area contributed by atoms with E-state index >= 15 is 0 Å². The van der Waals surface area contributed by atoms with Crippen LogP contribution in [0.1, 0.15) is 29.7 Å². The van der Waals surface area contributed by atoms with Gasteiger partial charge in [0.2, 0.25) is 10.0 Å². The summed E-state index contributed by atoms with van der Waals surface area (Å²) in [7, 11) is -3.76. The Balaban J connectivity index is 2.36. The number of halogens is 2. The maximum Gasteiger partial charge on any atom is 0.242 e. The highest BCUT2D eigenvalue weighted by Gasteiger charge is 2.22.